The number of nitrogens with zero attached hydrogens (tertiary/aromatic N) is 4. The van der Waals surface area contributed by atoms with E-state index < -0.39 is 0 Å². The minimum absolute atomic E-state index is 0.585. The van der Waals surface area contributed by atoms with Gasteiger partial charge in [-0.25, -0.2) is 14.6 Å². The first kappa shape index (κ1) is 15.6. The molecule has 0 saturated heterocycles. The van der Waals surface area contributed by atoms with Crippen LogP contribution in [0.3, 0.4) is 0 Å². The fourth-order valence-electron chi connectivity index (χ4n) is 2.68. The molecule has 0 amide bonds. The van der Waals surface area contributed by atoms with Crippen molar-refractivity contribution in [3.05, 3.63) is 77.2 Å². The van der Waals surface area contributed by atoms with Crippen LogP contribution in [-0.2, 0) is 6.54 Å². The summed E-state index contributed by atoms with van der Waals surface area (Å²) in [6.07, 6.45) is 3.33. The quantitative estimate of drug-likeness (QED) is 0.593. The van der Waals surface area contributed by atoms with Gasteiger partial charge in [-0.2, -0.15) is 5.10 Å². The number of rotatable bonds is 4. The monoisotopic (exact) mass is 349 g/mol. The molecule has 0 fully saturated rings. The maximum Gasteiger partial charge on any atom is 0.168 e. The van der Waals surface area contributed by atoms with Gasteiger partial charge in [-0.1, -0.05) is 47.5 Å². The van der Waals surface area contributed by atoms with Crippen LogP contribution in [0.5, 0.6) is 0 Å². The van der Waals surface area contributed by atoms with Crippen molar-refractivity contribution in [3.8, 4) is 5.69 Å². The molecule has 124 valence electrons. The molecule has 4 rings (SSSR count). The van der Waals surface area contributed by atoms with Crippen LogP contribution < -0.4 is 5.32 Å². The third-order valence-electron chi connectivity index (χ3n) is 4.05. The second kappa shape index (κ2) is 6.53. The SMILES string of the molecule is Cc1ccc(-n2ncc3c(NCc4ccccc4Cl)ncnc32)cc1. The summed E-state index contributed by atoms with van der Waals surface area (Å²) in [5, 5.41) is 9.41. The van der Waals surface area contributed by atoms with Gasteiger partial charge in [0, 0.05) is 11.6 Å². The van der Waals surface area contributed by atoms with Gasteiger partial charge in [-0.15, -0.1) is 0 Å². The number of benzene rings is 2. The zero-order valence-electron chi connectivity index (χ0n) is 13.6. The van der Waals surface area contributed by atoms with Crippen molar-refractivity contribution in [1.29, 1.82) is 0 Å². The Hall–Kier alpha value is -2.92. The van der Waals surface area contributed by atoms with Crippen LogP contribution >= 0.6 is 11.6 Å². The van der Waals surface area contributed by atoms with Gasteiger partial charge >= 0.3 is 0 Å². The van der Waals surface area contributed by atoms with E-state index in [1.165, 1.54) is 5.56 Å². The molecule has 2 aromatic heterocycles. The zero-order valence-corrected chi connectivity index (χ0v) is 14.4. The Labute approximate surface area is 150 Å². The molecule has 5 nitrogen and oxygen atoms in total. The molecule has 0 aliphatic rings. The summed E-state index contributed by atoms with van der Waals surface area (Å²) in [7, 11) is 0. The topological polar surface area (TPSA) is 55.6 Å². The second-order valence-electron chi connectivity index (χ2n) is 5.80. The number of nitrogens with one attached hydrogen (secondary N) is 1. The molecule has 2 heterocycles. The summed E-state index contributed by atoms with van der Waals surface area (Å²) in [5.74, 6) is 0.739. The lowest BCUT2D eigenvalue weighted by molar-refractivity contribution is 0.894. The molecular weight excluding hydrogens is 334 g/mol. The van der Waals surface area contributed by atoms with Crippen LogP contribution in [0.15, 0.2) is 61.1 Å². The van der Waals surface area contributed by atoms with E-state index in [-0.39, 0.29) is 0 Å². The number of aromatic nitrogens is 4. The summed E-state index contributed by atoms with van der Waals surface area (Å²) in [6, 6.07) is 15.9. The molecule has 0 aliphatic carbocycles. The molecule has 1 N–H and O–H groups in total. The highest BCUT2D eigenvalue weighted by Crippen LogP contribution is 2.23. The van der Waals surface area contributed by atoms with Crippen LogP contribution in [0.2, 0.25) is 5.02 Å². The predicted octanol–water partition coefficient (Wildman–Crippen LogP) is 4.39. The van der Waals surface area contributed by atoms with Gasteiger partial charge in [0.05, 0.1) is 17.3 Å². The molecule has 2 aromatic carbocycles. The van der Waals surface area contributed by atoms with E-state index in [9.17, 15) is 0 Å². The molecule has 0 unspecified atom stereocenters. The molecule has 25 heavy (non-hydrogen) atoms. The average Bonchev–Trinajstić information content (AvgIpc) is 3.06. The van der Waals surface area contributed by atoms with Crippen LogP contribution in [0, 0.1) is 6.92 Å². The third kappa shape index (κ3) is 3.06. The Morgan fingerprint density at radius 3 is 2.64 bits per heavy atom. The highest BCUT2D eigenvalue weighted by atomic mass is 35.5. The van der Waals surface area contributed by atoms with E-state index in [1.54, 1.807) is 12.5 Å². The van der Waals surface area contributed by atoms with Crippen LogP contribution in [0.4, 0.5) is 5.82 Å². The highest BCUT2D eigenvalue weighted by Gasteiger charge is 2.11. The minimum Gasteiger partial charge on any atom is -0.365 e. The van der Waals surface area contributed by atoms with Crippen molar-refractivity contribution in [2.45, 2.75) is 13.5 Å². The van der Waals surface area contributed by atoms with Crippen LogP contribution in [-0.4, -0.2) is 19.7 Å². The van der Waals surface area contributed by atoms with E-state index in [0.29, 0.717) is 6.54 Å². The number of aryl methyl sites for hydroxylation is 1. The lowest BCUT2D eigenvalue weighted by Crippen LogP contribution is -2.03. The van der Waals surface area contributed by atoms with Crippen molar-refractivity contribution < 1.29 is 0 Å². The zero-order chi connectivity index (χ0) is 17.2. The summed E-state index contributed by atoms with van der Waals surface area (Å²) >= 11 is 6.22. The van der Waals surface area contributed by atoms with Crippen LogP contribution in [0.1, 0.15) is 11.1 Å². The Kier molecular flexibility index (Phi) is 4.07. The average molecular weight is 350 g/mol. The first-order valence-electron chi connectivity index (χ1n) is 7.95. The van der Waals surface area contributed by atoms with Gasteiger partial charge < -0.3 is 5.32 Å². The smallest absolute Gasteiger partial charge is 0.168 e. The van der Waals surface area contributed by atoms with Gasteiger partial charge in [0.2, 0.25) is 0 Å². The van der Waals surface area contributed by atoms with Crippen molar-refractivity contribution in [1.82, 2.24) is 19.7 Å². The summed E-state index contributed by atoms with van der Waals surface area (Å²) in [6.45, 7) is 2.64. The van der Waals surface area contributed by atoms with Crippen molar-refractivity contribution >= 4 is 28.5 Å². The Morgan fingerprint density at radius 2 is 1.84 bits per heavy atom. The summed E-state index contributed by atoms with van der Waals surface area (Å²) < 4.78 is 1.82. The standard InChI is InChI=1S/C19H16ClN5/c1-13-6-8-15(9-7-13)25-19-16(11-24-25)18(22-12-23-19)21-10-14-4-2-3-5-17(14)20/h2-9,11-12H,10H2,1H3,(H,21,22,23). The Bertz CT molecular complexity index is 1020. The lowest BCUT2D eigenvalue weighted by Gasteiger charge is -2.08. The maximum absolute atomic E-state index is 6.22. The predicted molar refractivity (Wildman–Crippen MR) is 100 cm³/mol. The fourth-order valence-corrected chi connectivity index (χ4v) is 2.88. The van der Waals surface area contributed by atoms with Crippen LogP contribution in [0.25, 0.3) is 16.7 Å². The Balaban J connectivity index is 1.67. The molecule has 0 radical (unpaired) electrons. The molecular formula is C19H16ClN5. The van der Waals surface area contributed by atoms with E-state index in [2.05, 4.69) is 39.4 Å². The fraction of sp³-hybridized carbons (Fsp3) is 0.105. The highest BCUT2D eigenvalue weighted by molar-refractivity contribution is 6.31. The van der Waals surface area contributed by atoms with Gasteiger partial charge in [0.25, 0.3) is 0 Å². The normalized spacial score (nSPS) is 11.0. The number of fused-ring (bicyclic) bond motifs is 1. The second-order valence-corrected chi connectivity index (χ2v) is 6.20. The molecule has 0 atom stereocenters. The summed E-state index contributed by atoms with van der Waals surface area (Å²) in [4.78, 5) is 8.75. The molecule has 4 aromatic rings. The van der Waals surface area contributed by atoms with Gasteiger partial charge in [0.1, 0.15) is 12.1 Å². The molecule has 0 saturated carbocycles. The third-order valence-corrected chi connectivity index (χ3v) is 4.42. The number of halogens is 1. The van der Waals surface area contributed by atoms with Crippen molar-refractivity contribution in [2.75, 3.05) is 5.32 Å². The van der Waals surface area contributed by atoms with E-state index >= 15 is 0 Å². The minimum atomic E-state index is 0.585. The summed E-state index contributed by atoms with van der Waals surface area (Å²) in [5.41, 5.74) is 3.95. The lowest BCUT2D eigenvalue weighted by atomic mass is 10.2. The van der Waals surface area contributed by atoms with Gasteiger partial charge in [-0.05, 0) is 30.7 Å². The Morgan fingerprint density at radius 1 is 1.04 bits per heavy atom. The number of hydrogen-bond donors (Lipinski definition) is 1. The van der Waals surface area contributed by atoms with Crippen molar-refractivity contribution in [2.24, 2.45) is 0 Å². The molecule has 6 heteroatoms. The van der Waals surface area contributed by atoms with E-state index in [0.717, 1.165) is 33.1 Å². The van der Waals surface area contributed by atoms with Gasteiger partial charge in [-0.3, -0.25) is 0 Å². The van der Waals surface area contributed by atoms with Gasteiger partial charge in [0.15, 0.2) is 5.65 Å². The van der Waals surface area contributed by atoms with E-state index in [1.807, 2.05) is 41.1 Å². The molecule has 0 aliphatic heterocycles. The van der Waals surface area contributed by atoms with Crippen molar-refractivity contribution in [3.63, 3.8) is 0 Å². The largest absolute Gasteiger partial charge is 0.365 e. The first-order valence-corrected chi connectivity index (χ1v) is 8.33. The van der Waals surface area contributed by atoms with E-state index in [4.69, 9.17) is 11.6 Å². The molecule has 0 bridgehead atoms. The number of anilines is 1. The number of hydrogen-bond acceptors (Lipinski definition) is 4. The maximum atomic E-state index is 6.22. The first-order chi connectivity index (χ1) is 12.2. The molecule has 0 spiro atoms.